The topological polar surface area (TPSA) is 59.3 Å². The van der Waals surface area contributed by atoms with Gasteiger partial charge < -0.3 is 9.47 Å². The SMILES string of the molecule is COc1cc(C#N)c(C(=O)c2ccccc2F)cc1OCc1ccccc1. The summed E-state index contributed by atoms with van der Waals surface area (Å²) in [7, 11) is 1.45. The third-order valence-corrected chi connectivity index (χ3v) is 4.02. The molecule has 5 heteroatoms. The van der Waals surface area contributed by atoms with Crippen LogP contribution in [0.25, 0.3) is 0 Å². The minimum absolute atomic E-state index is 0.0615. The molecule has 4 nitrogen and oxygen atoms in total. The zero-order chi connectivity index (χ0) is 19.2. The van der Waals surface area contributed by atoms with Crippen LogP contribution in [-0.2, 0) is 6.61 Å². The fourth-order valence-electron chi connectivity index (χ4n) is 2.64. The lowest BCUT2D eigenvalue weighted by atomic mass is 9.98. The van der Waals surface area contributed by atoms with Crippen LogP contribution in [0.1, 0.15) is 27.0 Å². The van der Waals surface area contributed by atoms with E-state index in [1.807, 2.05) is 36.4 Å². The first kappa shape index (κ1) is 18.2. The van der Waals surface area contributed by atoms with E-state index < -0.39 is 11.6 Å². The van der Waals surface area contributed by atoms with E-state index in [1.165, 1.54) is 37.4 Å². The molecule has 3 aromatic carbocycles. The number of halogens is 1. The number of hydrogen-bond acceptors (Lipinski definition) is 4. The second-order valence-electron chi connectivity index (χ2n) is 5.74. The molecule has 0 bridgehead atoms. The van der Waals surface area contributed by atoms with Crippen molar-refractivity contribution in [3.05, 3.63) is 94.8 Å². The maximum Gasteiger partial charge on any atom is 0.197 e. The number of ether oxygens (including phenoxy) is 2. The predicted octanol–water partition coefficient (Wildman–Crippen LogP) is 4.52. The molecule has 0 spiro atoms. The Kier molecular flexibility index (Phi) is 5.48. The fourth-order valence-corrected chi connectivity index (χ4v) is 2.64. The summed E-state index contributed by atoms with van der Waals surface area (Å²) in [5.74, 6) is -0.599. The molecule has 0 heterocycles. The normalized spacial score (nSPS) is 10.1. The molecule has 0 aliphatic carbocycles. The molecule has 0 aromatic heterocycles. The molecule has 3 rings (SSSR count). The summed E-state index contributed by atoms with van der Waals surface area (Å²) in [6, 6.07) is 20.0. The lowest BCUT2D eigenvalue weighted by Crippen LogP contribution is -2.08. The van der Waals surface area contributed by atoms with Gasteiger partial charge in [-0.25, -0.2) is 4.39 Å². The van der Waals surface area contributed by atoms with Crippen LogP contribution in [0.2, 0.25) is 0 Å². The van der Waals surface area contributed by atoms with Crippen molar-refractivity contribution < 1.29 is 18.7 Å². The minimum Gasteiger partial charge on any atom is -0.493 e. The van der Waals surface area contributed by atoms with Crippen LogP contribution >= 0.6 is 0 Å². The molecule has 0 saturated heterocycles. The van der Waals surface area contributed by atoms with Gasteiger partial charge in [-0.15, -0.1) is 0 Å². The van der Waals surface area contributed by atoms with Crippen molar-refractivity contribution in [2.75, 3.05) is 7.11 Å². The van der Waals surface area contributed by atoms with E-state index in [2.05, 4.69) is 0 Å². The van der Waals surface area contributed by atoms with Gasteiger partial charge in [0.1, 0.15) is 18.5 Å². The molecule has 0 radical (unpaired) electrons. The Balaban J connectivity index is 1.99. The highest BCUT2D eigenvalue weighted by atomic mass is 19.1. The summed E-state index contributed by atoms with van der Waals surface area (Å²) < 4.78 is 25.1. The predicted molar refractivity (Wildman–Crippen MR) is 98.3 cm³/mol. The first-order valence-electron chi connectivity index (χ1n) is 8.22. The maximum absolute atomic E-state index is 14.0. The first-order chi connectivity index (χ1) is 13.1. The van der Waals surface area contributed by atoms with Crippen LogP contribution in [0.4, 0.5) is 4.39 Å². The molecule has 0 fully saturated rings. The summed E-state index contributed by atoms with van der Waals surface area (Å²) in [6.07, 6.45) is 0. The Labute approximate surface area is 156 Å². The van der Waals surface area contributed by atoms with E-state index in [0.717, 1.165) is 5.56 Å². The molecule has 134 valence electrons. The maximum atomic E-state index is 14.0. The average Bonchev–Trinajstić information content (AvgIpc) is 2.72. The van der Waals surface area contributed by atoms with Crippen molar-refractivity contribution in [3.8, 4) is 17.6 Å². The fraction of sp³-hybridized carbons (Fsp3) is 0.0909. The van der Waals surface area contributed by atoms with Crippen molar-refractivity contribution in [1.82, 2.24) is 0 Å². The smallest absolute Gasteiger partial charge is 0.197 e. The third kappa shape index (κ3) is 3.96. The largest absolute Gasteiger partial charge is 0.493 e. The average molecular weight is 361 g/mol. The number of methoxy groups -OCH3 is 1. The Bertz CT molecular complexity index is 1010. The highest BCUT2D eigenvalue weighted by molar-refractivity contribution is 6.11. The Morgan fingerprint density at radius 2 is 1.70 bits per heavy atom. The lowest BCUT2D eigenvalue weighted by molar-refractivity contribution is 0.103. The third-order valence-electron chi connectivity index (χ3n) is 4.02. The van der Waals surface area contributed by atoms with E-state index in [0.29, 0.717) is 11.5 Å². The Morgan fingerprint density at radius 3 is 2.37 bits per heavy atom. The van der Waals surface area contributed by atoms with E-state index in [4.69, 9.17) is 9.47 Å². The van der Waals surface area contributed by atoms with Gasteiger partial charge in [-0.1, -0.05) is 42.5 Å². The van der Waals surface area contributed by atoms with Gasteiger partial charge in [0.2, 0.25) is 0 Å². The first-order valence-corrected chi connectivity index (χ1v) is 8.22. The summed E-state index contributed by atoms with van der Waals surface area (Å²) in [5.41, 5.74) is 0.984. The zero-order valence-electron chi connectivity index (χ0n) is 14.6. The molecule has 0 saturated carbocycles. The van der Waals surface area contributed by atoms with E-state index in [-0.39, 0.29) is 23.3 Å². The molecule has 0 atom stereocenters. The second-order valence-corrected chi connectivity index (χ2v) is 5.74. The number of benzene rings is 3. The summed E-state index contributed by atoms with van der Waals surface area (Å²) >= 11 is 0. The molecule has 0 unspecified atom stereocenters. The quantitative estimate of drug-likeness (QED) is 0.606. The number of carbonyl (C=O) groups excluding carboxylic acids is 1. The van der Waals surface area contributed by atoms with Gasteiger partial charge in [0, 0.05) is 11.6 Å². The van der Waals surface area contributed by atoms with Crippen LogP contribution in [0.15, 0.2) is 66.7 Å². The van der Waals surface area contributed by atoms with Crippen molar-refractivity contribution in [1.29, 1.82) is 5.26 Å². The van der Waals surface area contributed by atoms with Crippen LogP contribution in [0, 0.1) is 17.1 Å². The highest BCUT2D eigenvalue weighted by Gasteiger charge is 2.20. The number of ketones is 1. The van der Waals surface area contributed by atoms with E-state index >= 15 is 0 Å². The number of hydrogen-bond donors (Lipinski definition) is 0. The molecular weight excluding hydrogens is 345 g/mol. The molecule has 27 heavy (non-hydrogen) atoms. The standard InChI is InChI=1S/C22H16FNO3/c1-26-20-11-16(13-24)18(22(25)17-9-5-6-10-19(17)23)12-21(20)27-14-15-7-3-2-4-8-15/h2-12H,14H2,1H3. The van der Waals surface area contributed by atoms with Gasteiger partial charge in [0.05, 0.1) is 18.2 Å². The number of rotatable bonds is 6. The van der Waals surface area contributed by atoms with Crippen LogP contribution < -0.4 is 9.47 Å². The monoisotopic (exact) mass is 361 g/mol. The van der Waals surface area contributed by atoms with Crippen molar-refractivity contribution in [2.45, 2.75) is 6.61 Å². The van der Waals surface area contributed by atoms with E-state index in [1.54, 1.807) is 6.07 Å². The van der Waals surface area contributed by atoms with Gasteiger partial charge >= 0.3 is 0 Å². The van der Waals surface area contributed by atoms with Crippen molar-refractivity contribution in [3.63, 3.8) is 0 Å². The Morgan fingerprint density at radius 1 is 1.00 bits per heavy atom. The van der Waals surface area contributed by atoms with Gasteiger partial charge in [-0.3, -0.25) is 4.79 Å². The van der Waals surface area contributed by atoms with Crippen LogP contribution in [0.5, 0.6) is 11.5 Å². The lowest BCUT2D eigenvalue weighted by Gasteiger charge is -2.14. The van der Waals surface area contributed by atoms with E-state index in [9.17, 15) is 14.4 Å². The number of carbonyl (C=O) groups is 1. The number of nitriles is 1. The molecular formula is C22H16FNO3. The van der Waals surface area contributed by atoms with Crippen LogP contribution in [0.3, 0.4) is 0 Å². The second kappa shape index (κ2) is 8.15. The van der Waals surface area contributed by atoms with Crippen LogP contribution in [-0.4, -0.2) is 12.9 Å². The molecule has 3 aromatic rings. The van der Waals surface area contributed by atoms with Crippen molar-refractivity contribution >= 4 is 5.78 Å². The zero-order valence-corrected chi connectivity index (χ0v) is 14.6. The molecule has 0 aliphatic heterocycles. The molecule has 0 N–H and O–H groups in total. The van der Waals surface area contributed by atoms with Crippen molar-refractivity contribution in [2.24, 2.45) is 0 Å². The molecule has 0 aliphatic rings. The van der Waals surface area contributed by atoms with Gasteiger partial charge in [0.15, 0.2) is 17.3 Å². The number of nitrogens with zero attached hydrogens (tertiary/aromatic N) is 1. The summed E-state index contributed by atoms with van der Waals surface area (Å²) in [6.45, 7) is 0.260. The minimum atomic E-state index is -0.644. The van der Waals surface area contributed by atoms with Gasteiger partial charge in [-0.2, -0.15) is 5.26 Å². The summed E-state index contributed by atoms with van der Waals surface area (Å²) in [5, 5.41) is 9.41. The Hall–Kier alpha value is -3.65. The highest BCUT2D eigenvalue weighted by Crippen LogP contribution is 2.32. The van der Waals surface area contributed by atoms with Gasteiger partial charge in [0.25, 0.3) is 0 Å². The van der Waals surface area contributed by atoms with Gasteiger partial charge in [-0.05, 0) is 23.8 Å². The summed E-state index contributed by atoms with van der Waals surface area (Å²) in [4.78, 5) is 12.8. The molecule has 0 amide bonds.